The Labute approximate surface area is 185 Å². The maximum Gasteiger partial charge on any atom is 0.255 e. The molecule has 0 spiro atoms. The van der Waals surface area contributed by atoms with Crippen LogP contribution in [0.25, 0.3) is 22.4 Å². The van der Waals surface area contributed by atoms with Crippen LogP contribution in [0.4, 0.5) is 0 Å². The fraction of sp³-hybridized carbons (Fsp3) is 0.280. The number of nitrogens with one attached hydrogen (secondary N) is 1. The number of imidazole rings is 1. The molecule has 7 nitrogen and oxygen atoms in total. The number of rotatable bonds is 4. The standard InChI is InChI=1S/C25H23N5O2/c1-14-4-6-17(23-26-8-3-9-27-23)18(10-14)25(31)30-21-11-15(21)12-22(30)24-28-19-7-5-16(32-2)13-20(19)29-24/h3-10,13,15,21-22H,11-12H2,1-2H3,(H,28,29)/t15-,21-,22+/m1/s1. The molecule has 4 aromatic rings. The molecule has 1 N–H and O–H groups in total. The maximum absolute atomic E-state index is 13.9. The van der Waals surface area contributed by atoms with Crippen molar-refractivity contribution in [1.29, 1.82) is 0 Å². The number of nitrogens with zero attached hydrogens (tertiary/aromatic N) is 4. The highest BCUT2D eigenvalue weighted by Crippen LogP contribution is 2.54. The van der Waals surface area contributed by atoms with Gasteiger partial charge in [0.1, 0.15) is 11.6 Å². The molecule has 0 unspecified atom stereocenters. The maximum atomic E-state index is 13.9. The summed E-state index contributed by atoms with van der Waals surface area (Å²) >= 11 is 0. The van der Waals surface area contributed by atoms with Crippen LogP contribution < -0.4 is 4.74 Å². The number of fused-ring (bicyclic) bond motifs is 2. The first kappa shape index (κ1) is 19.0. The third-order valence-electron chi connectivity index (χ3n) is 6.57. The Morgan fingerprint density at radius 3 is 2.78 bits per heavy atom. The van der Waals surface area contributed by atoms with E-state index in [1.807, 2.05) is 48.2 Å². The third kappa shape index (κ3) is 3.04. The Morgan fingerprint density at radius 1 is 1.12 bits per heavy atom. The number of amides is 1. The highest BCUT2D eigenvalue weighted by atomic mass is 16.5. The Hall–Kier alpha value is -3.74. The molecular weight excluding hydrogens is 402 g/mol. The first-order valence-electron chi connectivity index (χ1n) is 10.9. The summed E-state index contributed by atoms with van der Waals surface area (Å²) in [5, 5.41) is 0. The van der Waals surface area contributed by atoms with Crippen LogP contribution in [0.1, 0.15) is 40.6 Å². The summed E-state index contributed by atoms with van der Waals surface area (Å²) in [6, 6.07) is 13.7. The molecule has 1 amide bonds. The number of carbonyl (C=O) groups excluding carboxylic acids is 1. The number of aromatic amines is 1. The molecule has 0 bridgehead atoms. The minimum Gasteiger partial charge on any atom is -0.497 e. The van der Waals surface area contributed by atoms with Crippen LogP contribution in [-0.2, 0) is 0 Å². The van der Waals surface area contributed by atoms with Crippen molar-refractivity contribution < 1.29 is 9.53 Å². The van der Waals surface area contributed by atoms with Crippen LogP contribution in [0.3, 0.4) is 0 Å². The SMILES string of the molecule is COc1ccc2nc([C@@H]3C[C@H]4C[C@H]4N3C(=O)c3cc(C)ccc3-c3ncccn3)[nH]c2c1. The largest absolute Gasteiger partial charge is 0.497 e. The molecule has 2 aromatic heterocycles. The molecule has 1 aliphatic heterocycles. The number of methoxy groups -OCH3 is 1. The molecule has 2 fully saturated rings. The Kier molecular flexibility index (Phi) is 4.24. The van der Waals surface area contributed by atoms with Gasteiger partial charge in [0.25, 0.3) is 5.91 Å². The fourth-order valence-corrected chi connectivity index (χ4v) is 4.89. The second-order valence-electron chi connectivity index (χ2n) is 8.65. The van der Waals surface area contributed by atoms with Gasteiger partial charge in [-0.1, -0.05) is 17.7 Å². The van der Waals surface area contributed by atoms with Gasteiger partial charge in [-0.3, -0.25) is 4.79 Å². The van der Waals surface area contributed by atoms with Crippen LogP contribution in [0.2, 0.25) is 0 Å². The smallest absolute Gasteiger partial charge is 0.255 e. The Bertz CT molecular complexity index is 1330. The topological polar surface area (TPSA) is 84.0 Å². The van der Waals surface area contributed by atoms with E-state index in [-0.39, 0.29) is 18.0 Å². The van der Waals surface area contributed by atoms with Crippen LogP contribution in [0.5, 0.6) is 5.75 Å². The van der Waals surface area contributed by atoms with Crippen molar-refractivity contribution in [3.05, 3.63) is 71.8 Å². The number of piperidine rings is 1. The van der Waals surface area contributed by atoms with Gasteiger partial charge < -0.3 is 14.6 Å². The van der Waals surface area contributed by atoms with Crippen LogP contribution in [0, 0.1) is 12.8 Å². The molecule has 1 aliphatic carbocycles. The van der Waals surface area contributed by atoms with E-state index in [1.165, 1.54) is 0 Å². The monoisotopic (exact) mass is 425 g/mol. The van der Waals surface area contributed by atoms with E-state index in [0.717, 1.165) is 46.6 Å². The fourth-order valence-electron chi connectivity index (χ4n) is 4.89. The van der Waals surface area contributed by atoms with Crippen molar-refractivity contribution in [2.24, 2.45) is 5.92 Å². The van der Waals surface area contributed by atoms with E-state index >= 15 is 0 Å². The lowest BCUT2D eigenvalue weighted by Gasteiger charge is -2.27. The zero-order chi connectivity index (χ0) is 21.8. The molecule has 2 aliphatic rings. The lowest BCUT2D eigenvalue weighted by atomic mass is 10.0. The summed E-state index contributed by atoms with van der Waals surface area (Å²) in [6.07, 6.45) is 5.39. The number of hydrogen-bond donors (Lipinski definition) is 1. The van der Waals surface area contributed by atoms with E-state index in [1.54, 1.807) is 25.6 Å². The summed E-state index contributed by atoms with van der Waals surface area (Å²) in [4.78, 5) is 33.0. The van der Waals surface area contributed by atoms with Crippen molar-refractivity contribution in [3.8, 4) is 17.1 Å². The number of carbonyl (C=O) groups is 1. The van der Waals surface area contributed by atoms with Gasteiger partial charge >= 0.3 is 0 Å². The van der Waals surface area contributed by atoms with Crippen molar-refractivity contribution in [1.82, 2.24) is 24.8 Å². The molecule has 1 saturated carbocycles. The third-order valence-corrected chi connectivity index (χ3v) is 6.57. The average molecular weight is 425 g/mol. The van der Waals surface area contributed by atoms with Gasteiger partial charge in [0.05, 0.1) is 29.7 Å². The number of H-pyrrole nitrogens is 1. The summed E-state index contributed by atoms with van der Waals surface area (Å²) in [6.45, 7) is 2.00. The van der Waals surface area contributed by atoms with Gasteiger partial charge in [-0.05, 0) is 49.9 Å². The van der Waals surface area contributed by atoms with Crippen molar-refractivity contribution >= 4 is 16.9 Å². The van der Waals surface area contributed by atoms with Crippen LogP contribution in [0.15, 0.2) is 54.9 Å². The quantitative estimate of drug-likeness (QED) is 0.527. The highest BCUT2D eigenvalue weighted by molar-refractivity contribution is 6.01. The first-order valence-corrected chi connectivity index (χ1v) is 10.9. The molecule has 160 valence electrons. The zero-order valence-electron chi connectivity index (χ0n) is 17.9. The van der Waals surface area contributed by atoms with E-state index in [9.17, 15) is 4.79 Å². The minimum absolute atomic E-state index is 0.0178. The molecule has 0 radical (unpaired) electrons. The Morgan fingerprint density at radius 2 is 1.97 bits per heavy atom. The molecular formula is C25H23N5O2. The summed E-state index contributed by atoms with van der Waals surface area (Å²) in [5.41, 5.74) is 4.24. The van der Waals surface area contributed by atoms with Gasteiger partial charge in [-0.15, -0.1) is 0 Å². The second kappa shape index (κ2) is 7.15. The van der Waals surface area contributed by atoms with Crippen molar-refractivity contribution in [3.63, 3.8) is 0 Å². The molecule has 1 saturated heterocycles. The van der Waals surface area contributed by atoms with E-state index in [4.69, 9.17) is 9.72 Å². The number of ether oxygens (including phenoxy) is 1. The Balaban J connectivity index is 1.40. The summed E-state index contributed by atoms with van der Waals surface area (Å²) in [5.74, 6) is 2.73. The van der Waals surface area contributed by atoms with Gasteiger partial charge in [-0.2, -0.15) is 0 Å². The second-order valence-corrected chi connectivity index (χ2v) is 8.65. The van der Waals surface area contributed by atoms with Crippen molar-refractivity contribution in [2.45, 2.75) is 31.8 Å². The molecule has 32 heavy (non-hydrogen) atoms. The number of aromatic nitrogens is 4. The van der Waals surface area contributed by atoms with Crippen LogP contribution >= 0.6 is 0 Å². The number of likely N-dealkylation sites (tertiary alicyclic amines) is 1. The minimum atomic E-state index is -0.0744. The number of benzene rings is 2. The van der Waals surface area contributed by atoms with E-state index in [0.29, 0.717) is 17.3 Å². The lowest BCUT2D eigenvalue weighted by molar-refractivity contribution is 0.0693. The zero-order valence-corrected chi connectivity index (χ0v) is 17.9. The number of aryl methyl sites for hydroxylation is 1. The van der Waals surface area contributed by atoms with Crippen LogP contribution in [-0.4, -0.2) is 43.9 Å². The van der Waals surface area contributed by atoms with Gasteiger partial charge in [0.2, 0.25) is 0 Å². The highest BCUT2D eigenvalue weighted by Gasteiger charge is 2.55. The molecule has 6 rings (SSSR count). The first-order chi connectivity index (χ1) is 15.6. The lowest BCUT2D eigenvalue weighted by Crippen LogP contribution is -2.34. The van der Waals surface area contributed by atoms with Crippen molar-refractivity contribution in [2.75, 3.05) is 7.11 Å². The predicted octanol–water partition coefficient (Wildman–Crippen LogP) is 4.31. The summed E-state index contributed by atoms with van der Waals surface area (Å²) < 4.78 is 5.34. The predicted molar refractivity (Wildman–Crippen MR) is 120 cm³/mol. The average Bonchev–Trinajstić information content (AvgIpc) is 3.28. The van der Waals surface area contributed by atoms with E-state index in [2.05, 4.69) is 15.0 Å². The number of hydrogen-bond acceptors (Lipinski definition) is 5. The van der Waals surface area contributed by atoms with Gasteiger partial charge in [0, 0.05) is 30.1 Å². The van der Waals surface area contributed by atoms with Gasteiger partial charge in [0.15, 0.2) is 5.82 Å². The molecule has 3 heterocycles. The van der Waals surface area contributed by atoms with Gasteiger partial charge in [-0.25, -0.2) is 15.0 Å². The molecule has 2 aromatic carbocycles. The molecule has 3 atom stereocenters. The normalized spacial score (nSPS) is 21.6. The summed E-state index contributed by atoms with van der Waals surface area (Å²) in [7, 11) is 1.65. The van der Waals surface area contributed by atoms with E-state index < -0.39 is 0 Å². The molecule has 7 heteroatoms.